The quantitative estimate of drug-likeness (QED) is 0.474. The third-order valence-corrected chi connectivity index (χ3v) is 2.84. The molecule has 0 heterocycles. The van der Waals surface area contributed by atoms with Gasteiger partial charge in [0, 0.05) is 6.07 Å². The van der Waals surface area contributed by atoms with E-state index in [-0.39, 0.29) is 23.6 Å². The molecule has 0 saturated carbocycles. The smallest absolute Gasteiger partial charge is 0.407 e. The van der Waals surface area contributed by atoms with Crippen LogP contribution in [0, 0.1) is 10.1 Å². The van der Waals surface area contributed by atoms with Gasteiger partial charge in [-0.05, 0) is 33.8 Å². The van der Waals surface area contributed by atoms with Crippen LogP contribution < -0.4 is 10.1 Å². The zero-order chi connectivity index (χ0) is 19.2. The second-order valence-electron chi connectivity index (χ2n) is 6.26. The molecular formula is C16H22N2O7. The fraction of sp³-hybridized carbons (Fsp3) is 0.500. The lowest BCUT2D eigenvalue weighted by Crippen LogP contribution is -2.40. The Hall–Kier alpha value is -2.84. The summed E-state index contributed by atoms with van der Waals surface area (Å²) in [7, 11) is 1.16. The van der Waals surface area contributed by atoms with E-state index < -0.39 is 28.6 Å². The van der Waals surface area contributed by atoms with E-state index in [0.717, 1.165) is 7.11 Å². The van der Waals surface area contributed by atoms with Crippen LogP contribution in [-0.4, -0.2) is 42.3 Å². The van der Waals surface area contributed by atoms with E-state index in [1.807, 2.05) is 0 Å². The number of alkyl carbamates (subject to hydrolysis) is 1. The van der Waals surface area contributed by atoms with Crippen molar-refractivity contribution in [2.45, 2.75) is 39.3 Å². The SMILES string of the molecule is COC(=O)c1cccc([N+](=O)[O-])c1OCC(C)NC(=O)OC(C)(C)C. The summed E-state index contributed by atoms with van der Waals surface area (Å²) in [5, 5.41) is 13.7. The topological polar surface area (TPSA) is 117 Å². The Bertz CT molecular complexity index is 652. The van der Waals surface area contributed by atoms with Crippen LogP contribution in [0.5, 0.6) is 5.75 Å². The molecule has 0 aliphatic heterocycles. The number of benzene rings is 1. The molecule has 1 N–H and O–H groups in total. The summed E-state index contributed by atoms with van der Waals surface area (Å²) in [6.45, 7) is 6.71. The van der Waals surface area contributed by atoms with Gasteiger partial charge in [-0.1, -0.05) is 6.07 Å². The largest absolute Gasteiger partial charge is 0.484 e. The maximum Gasteiger partial charge on any atom is 0.407 e. The molecule has 0 aliphatic rings. The lowest BCUT2D eigenvalue weighted by atomic mass is 10.1. The van der Waals surface area contributed by atoms with Gasteiger partial charge in [-0.15, -0.1) is 0 Å². The molecule has 1 aromatic rings. The van der Waals surface area contributed by atoms with E-state index in [0.29, 0.717) is 0 Å². The highest BCUT2D eigenvalue weighted by atomic mass is 16.6. The number of para-hydroxylation sites is 1. The first-order valence-corrected chi connectivity index (χ1v) is 7.53. The third-order valence-electron chi connectivity index (χ3n) is 2.84. The fourth-order valence-electron chi connectivity index (χ4n) is 1.85. The highest BCUT2D eigenvalue weighted by Crippen LogP contribution is 2.31. The molecule has 0 aliphatic carbocycles. The lowest BCUT2D eigenvalue weighted by Gasteiger charge is -2.22. The molecule has 1 aromatic carbocycles. The maximum absolute atomic E-state index is 11.8. The Balaban J connectivity index is 2.86. The van der Waals surface area contributed by atoms with Gasteiger partial charge in [-0.2, -0.15) is 0 Å². The molecule has 9 nitrogen and oxygen atoms in total. The Kier molecular flexibility index (Phi) is 6.72. The number of nitro groups is 1. The molecule has 0 fully saturated rings. The van der Waals surface area contributed by atoms with Gasteiger partial charge in [0.25, 0.3) is 0 Å². The predicted octanol–water partition coefficient (Wildman–Crippen LogP) is 2.67. The minimum Gasteiger partial charge on any atom is -0.484 e. The Labute approximate surface area is 145 Å². The number of nitrogens with one attached hydrogen (secondary N) is 1. The lowest BCUT2D eigenvalue weighted by molar-refractivity contribution is -0.385. The van der Waals surface area contributed by atoms with Crippen molar-refractivity contribution in [3.63, 3.8) is 0 Å². The number of amides is 1. The first-order valence-electron chi connectivity index (χ1n) is 7.53. The average molecular weight is 354 g/mol. The third kappa shape index (κ3) is 6.28. The Morgan fingerprint density at radius 3 is 2.48 bits per heavy atom. The van der Waals surface area contributed by atoms with Gasteiger partial charge in [0.2, 0.25) is 5.75 Å². The summed E-state index contributed by atoms with van der Waals surface area (Å²) in [6.07, 6.45) is -0.639. The van der Waals surface area contributed by atoms with E-state index in [4.69, 9.17) is 9.47 Å². The van der Waals surface area contributed by atoms with E-state index in [1.54, 1.807) is 27.7 Å². The van der Waals surface area contributed by atoms with Crippen molar-refractivity contribution in [1.29, 1.82) is 0 Å². The van der Waals surface area contributed by atoms with Crippen LogP contribution in [0.2, 0.25) is 0 Å². The standard InChI is InChI=1S/C16H22N2O7/c1-10(17-15(20)25-16(2,3)4)9-24-13-11(14(19)23-5)7-6-8-12(13)18(21)22/h6-8,10H,9H2,1-5H3,(H,17,20). The van der Waals surface area contributed by atoms with E-state index in [1.165, 1.54) is 18.2 Å². The summed E-state index contributed by atoms with van der Waals surface area (Å²) >= 11 is 0. The molecule has 1 unspecified atom stereocenters. The van der Waals surface area contributed by atoms with Crippen molar-refractivity contribution < 1.29 is 28.7 Å². The summed E-state index contributed by atoms with van der Waals surface area (Å²) in [6, 6.07) is 3.42. The highest BCUT2D eigenvalue weighted by molar-refractivity contribution is 5.94. The van der Waals surface area contributed by atoms with Gasteiger partial charge >= 0.3 is 17.7 Å². The molecule has 0 bridgehead atoms. The predicted molar refractivity (Wildman–Crippen MR) is 88.8 cm³/mol. The minimum atomic E-state index is -0.758. The van der Waals surface area contributed by atoms with Crippen LogP contribution >= 0.6 is 0 Å². The first kappa shape index (κ1) is 20.2. The van der Waals surface area contributed by atoms with E-state index in [9.17, 15) is 19.7 Å². The summed E-state index contributed by atoms with van der Waals surface area (Å²) in [5.74, 6) is -0.969. The maximum atomic E-state index is 11.8. The summed E-state index contributed by atoms with van der Waals surface area (Å²) < 4.78 is 15.2. The van der Waals surface area contributed by atoms with Crippen LogP contribution in [0.15, 0.2) is 18.2 Å². The molecule has 1 atom stereocenters. The number of esters is 1. The van der Waals surface area contributed by atoms with Gasteiger partial charge in [0.05, 0.1) is 18.1 Å². The summed E-state index contributed by atoms with van der Waals surface area (Å²) in [5.41, 5.74) is -1.09. The number of methoxy groups -OCH3 is 1. The zero-order valence-electron chi connectivity index (χ0n) is 14.8. The molecular weight excluding hydrogens is 332 g/mol. The van der Waals surface area contributed by atoms with Crippen LogP contribution in [0.4, 0.5) is 10.5 Å². The molecule has 138 valence electrons. The second kappa shape index (κ2) is 8.32. The molecule has 9 heteroatoms. The van der Waals surface area contributed by atoms with Gasteiger partial charge in [-0.3, -0.25) is 10.1 Å². The zero-order valence-corrected chi connectivity index (χ0v) is 14.8. The first-order chi connectivity index (χ1) is 11.5. The van der Waals surface area contributed by atoms with Crippen LogP contribution in [0.1, 0.15) is 38.1 Å². The monoisotopic (exact) mass is 354 g/mol. The molecule has 0 saturated heterocycles. The van der Waals surface area contributed by atoms with E-state index >= 15 is 0 Å². The number of carbonyl (C=O) groups excluding carboxylic acids is 2. The number of carbonyl (C=O) groups is 2. The van der Waals surface area contributed by atoms with Gasteiger partial charge in [0.15, 0.2) is 0 Å². The molecule has 0 aromatic heterocycles. The number of ether oxygens (including phenoxy) is 3. The summed E-state index contributed by atoms with van der Waals surface area (Å²) in [4.78, 5) is 34.0. The van der Waals surface area contributed by atoms with Crippen LogP contribution in [-0.2, 0) is 9.47 Å². The van der Waals surface area contributed by atoms with E-state index in [2.05, 4.69) is 10.1 Å². The van der Waals surface area contributed by atoms with Crippen LogP contribution in [0.3, 0.4) is 0 Å². The fourth-order valence-corrected chi connectivity index (χ4v) is 1.85. The average Bonchev–Trinajstić information content (AvgIpc) is 2.49. The number of hydrogen-bond donors (Lipinski definition) is 1. The van der Waals surface area contributed by atoms with Crippen molar-refractivity contribution in [1.82, 2.24) is 5.32 Å². The van der Waals surface area contributed by atoms with Crippen molar-refractivity contribution in [3.05, 3.63) is 33.9 Å². The highest BCUT2D eigenvalue weighted by Gasteiger charge is 2.25. The van der Waals surface area contributed by atoms with Crippen LogP contribution in [0.25, 0.3) is 0 Å². The van der Waals surface area contributed by atoms with Crippen molar-refractivity contribution in [3.8, 4) is 5.75 Å². The van der Waals surface area contributed by atoms with Gasteiger partial charge in [-0.25, -0.2) is 9.59 Å². The molecule has 1 rings (SSSR count). The number of nitro benzene ring substituents is 1. The van der Waals surface area contributed by atoms with Crippen molar-refractivity contribution in [2.75, 3.05) is 13.7 Å². The minimum absolute atomic E-state index is 0.0684. The number of nitrogens with zero attached hydrogens (tertiary/aromatic N) is 1. The van der Waals surface area contributed by atoms with Gasteiger partial charge in [0.1, 0.15) is 17.8 Å². The van der Waals surface area contributed by atoms with Crippen molar-refractivity contribution in [2.24, 2.45) is 0 Å². The van der Waals surface area contributed by atoms with Gasteiger partial charge < -0.3 is 19.5 Å². The van der Waals surface area contributed by atoms with Crippen molar-refractivity contribution >= 4 is 17.7 Å². The number of rotatable bonds is 6. The molecule has 1 amide bonds. The number of hydrogen-bond acceptors (Lipinski definition) is 7. The Morgan fingerprint density at radius 1 is 1.32 bits per heavy atom. The molecule has 25 heavy (non-hydrogen) atoms. The normalized spacial score (nSPS) is 12.0. The molecule has 0 radical (unpaired) electrons. The molecule has 0 spiro atoms. The second-order valence-corrected chi connectivity index (χ2v) is 6.26. The Morgan fingerprint density at radius 2 is 1.96 bits per heavy atom.